The summed E-state index contributed by atoms with van der Waals surface area (Å²) in [4.78, 5) is 11.4. The van der Waals surface area contributed by atoms with E-state index in [2.05, 4.69) is 30.7 Å². The number of hydrogen-bond acceptors (Lipinski definition) is 2. The van der Waals surface area contributed by atoms with Crippen molar-refractivity contribution in [3.63, 3.8) is 0 Å². The van der Waals surface area contributed by atoms with Gasteiger partial charge in [0, 0.05) is 18.0 Å². The van der Waals surface area contributed by atoms with E-state index >= 15 is 0 Å². The highest BCUT2D eigenvalue weighted by molar-refractivity contribution is 9.10. The van der Waals surface area contributed by atoms with Gasteiger partial charge in [0.05, 0.1) is 6.57 Å². The van der Waals surface area contributed by atoms with Crippen LogP contribution in [0.4, 0.5) is 10.1 Å². The van der Waals surface area contributed by atoms with Crippen molar-refractivity contribution in [1.29, 1.82) is 0 Å². The molecule has 0 aliphatic carbocycles. The van der Waals surface area contributed by atoms with Crippen LogP contribution >= 0.6 is 27.5 Å². The summed E-state index contributed by atoms with van der Waals surface area (Å²) in [5, 5.41) is 0.262. The van der Waals surface area contributed by atoms with Crippen LogP contribution in [0.3, 0.4) is 0 Å². The van der Waals surface area contributed by atoms with E-state index in [0.29, 0.717) is 21.5 Å². The summed E-state index contributed by atoms with van der Waals surface area (Å²) in [6.45, 7) is 6.85. The highest BCUT2D eigenvalue weighted by Crippen LogP contribution is 2.32. The van der Waals surface area contributed by atoms with Gasteiger partial charge in [-0.3, -0.25) is 4.40 Å². The summed E-state index contributed by atoms with van der Waals surface area (Å²) in [5.41, 5.74) is 1.55. The van der Waals surface area contributed by atoms with Crippen LogP contribution in [0.15, 0.2) is 35.2 Å². The van der Waals surface area contributed by atoms with Crippen LogP contribution in [0, 0.1) is 12.4 Å². The molecule has 0 saturated heterocycles. The Balaban J connectivity index is 2.25. The number of benzene rings is 1. The number of nitrogens with zero attached hydrogens (tertiary/aromatic N) is 4. The molecular weight excluding hydrogens is 347 g/mol. The minimum absolute atomic E-state index is 0.0201. The maximum absolute atomic E-state index is 13.7. The molecule has 1 aromatic carbocycles. The maximum Gasteiger partial charge on any atom is 0.222 e. The van der Waals surface area contributed by atoms with Crippen LogP contribution < -0.4 is 0 Å². The Kier molecular flexibility index (Phi) is 3.16. The monoisotopic (exact) mass is 350 g/mol. The van der Waals surface area contributed by atoms with Crippen LogP contribution in [0.1, 0.15) is 0 Å². The normalized spacial score (nSPS) is 10.7. The molecule has 0 radical (unpaired) electrons. The molecule has 20 heavy (non-hydrogen) atoms. The number of halogens is 3. The number of fused-ring (bicyclic) bond motifs is 1. The van der Waals surface area contributed by atoms with Gasteiger partial charge in [0.25, 0.3) is 0 Å². The molecule has 0 atom stereocenters. The first-order chi connectivity index (χ1) is 9.61. The molecule has 2 aromatic heterocycles. The summed E-state index contributed by atoms with van der Waals surface area (Å²) in [5.74, 6) is -0.578. The van der Waals surface area contributed by atoms with E-state index in [0.717, 1.165) is 0 Å². The first-order valence-electron chi connectivity index (χ1n) is 5.47. The lowest BCUT2D eigenvalue weighted by atomic mass is 10.1. The lowest BCUT2D eigenvalue weighted by molar-refractivity contribution is 0.634. The minimum atomic E-state index is -0.578. The van der Waals surface area contributed by atoms with Crippen molar-refractivity contribution in [2.75, 3.05) is 0 Å². The van der Waals surface area contributed by atoms with Gasteiger partial charge in [0.2, 0.25) is 5.69 Å². The zero-order valence-electron chi connectivity index (χ0n) is 9.81. The number of rotatable bonds is 1. The molecule has 0 saturated carbocycles. The van der Waals surface area contributed by atoms with E-state index in [-0.39, 0.29) is 10.8 Å². The largest absolute Gasteiger partial charge is 0.290 e. The van der Waals surface area contributed by atoms with Crippen molar-refractivity contribution < 1.29 is 4.39 Å². The number of imidazole rings is 1. The fourth-order valence-corrected chi connectivity index (χ4v) is 2.64. The average Bonchev–Trinajstić information content (AvgIpc) is 2.78. The molecular formula is C13H5BrClFN4. The van der Waals surface area contributed by atoms with Crippen molar-refractivity contribution in [1.82, 2.24) is 14.4 Å². The Morgan fingerprint density at radius 2 is 2.20 bits per heavy atom. The van der Waals surface area contributed by atoms with Crippen molar-refractivity contribution in [3.05, 3.63) is 57.6 Å². The van der Waals surface area contributed by atoms with Crippen LogP contribution in [0.25, 0.3) is 21.7 Å². The van der Waals surface area contributed by atoms with Gasteiger partial charge < -0.3 is 0 Å². The van der Waals surface area contributed by atoms with Gasteiger partial charge in [-0.2, -0.15) is 0 Å². The van der Waals surface area contributed by atoms with E-state index in [1.54, 1.807) is 22.9 Å². The van der Waals surface area contributed by atoms with E-state index in [4.69, 9.17) is 18.2 Å². The molecule has 0 N–H and O–H groups in total. The van der Waals surface area contributed by atoms with Crippen LogP contribution in [-0.2, 0) is 0 Å². The van der Waals surface area contributed by atoms with Gasteiger partial charge >= 0.3 is 0 Å². The van der Waals surface area contributed by atoms with Gasteiger partial charge in [-0.15, -0.1) is 0 Å². The SMILES string of the molecule is [C-]#[N+]c1ccc(-c2nc3c(Cl)nccn3c2Br)cc1F. The van der Waals surface area contributed by atoms with E-state index < -0.39 is 5.82 Å². The van der Waals surface area contributed by atoms with E-state index in [9.17, 15) is 4.39 Å². The number of hydrogen-bond donors (Lipinski definition) is 0. The molecule has 0 unspecified atom stereocenters. The highest BCUT2D eigenvalue weighted by Gasteiger charge is 2.15. The molecule has 0 fully saturated rings. The molecule has 98 valence electrons. The number of aromatic nitrogens is 3. The molecule has 3 aromatic rings. The average molecular weight is 352 g/mol. The summed E-state index contributed by atoms with van der Waals surface area (Å²) in [7, 11) is 0. The van der Waals surface area contributed by atoms with Crippen LogP contribution in [0.2, 0.25) is 5.15 Å². The molecule has 0 spiro atoms. The first kappa shape index (κ1) is 13.0. The molecule has 3 rings (SSSR count). The first-order valence-corrected chi connectivity index (χ1v) is 6.64. The van der Waals surface area contributed by atoms with Crippen molar-refractivity contribution in [3.8, 4) is 11.3 Å². The van der Waals surface area contributed by atoms with Gasteiger partial charge in [-0.1, -0.05) is 23.7 Å². The molecule has 0 bridgehead atoms. The molecule has 0 aliphatic heterocycles. The van der Waals surface area contributed by atoms with Gasteiger partial charge in [-0.05, 0) is 22.0 Å². The predicted molar refractivity (Wildman–Crippen MR) is 77.4 cm³/mol. The topological polar surface area (TPSA) is 34.5 Å². The summed E-state index contributed by atoms with van der Waals surface area (Å²) >= 11 is 9.39. The lowest BCUT2D eigenvalue weighted by Gasteiger charge is -2.00. The standard InChI is InChI=1S/C13H5BrClFN4/c1-17-9-3-2-7(6-8(9)16)10-11(14)20-5-4-18-12(15)13(20)19-10/h2-6H. The smallest absolute Gasteiger partial charge is 0.222 e. The Morgan fingerprint density at radius 1 is 1.40 bits per heavy atom. The predicted octanol–water partition coefficient (Wildman–Crippen LogP) is 4.50. The van der Waals surface area contributed by atoms with Gasteiger partial charge in [-0.25, -0.2) is 19.2 Å². The zero-order valence-corrected chi connectivity index (χ0v) is 12.2. The molecule has 4 nitrogen and oxygen atoms in total. The zero-order chi connectivity index (χ0) is 14.3. The maximum atomic E-state index is 13.7. The minimum Gasteiger partial charge on any atom is -0.290 e. The quantitative estimate of drug-likeness (QED) is 0.605. The second kappa shape index (κ2) is 4.85. The van der Waals surface area contributed by atoms with Crippen LogP contribution in [0.5, 0.6) is 0 Å². The lowest BCUT2D eigenvalue weighted by Crippen LogP contribution is -1.86. The third-order valence-electron chi connectivity index (χ3n) is 2.78. The summed E-state index contributed by atoms with van der Waals surface area (Å²) < 4.78 is 16.1. The summed E-state index contributed by atoms with van der Waals surface area (Å²) in [6, 6.07) is 4.35. The van der Waals surface area contributed by atoms with Crippen molar-refractivity contribution in [2.24, 2.45) is 0 Å². The Bertz CT molecular complexity index is 869. The Labute approximate surface area is 126 Å². The van der Waals surface area contributed by atoms with Gasteiger partial charge in [0.1, 0.15) is 16.1 Å². The van der Waals surface area contributed by atoms with Crippen LogP contribution in [-0.4, -0.2) is 14.4 Å². The Hall–Kier alpha value is -1.97. The molecule has 0 aliphatic rings. The molecule has 0 amide bonds. The molecule has 2 heterocycles. The Morgan fingerprint density at radius 3 is 2.85 bits per heavy atom. The second-order valence-corrected chi connectivity index (χ2v) is 5.05. The highest BCUT2D eigenvalue weighted by atomic mass is 79.9. The summed E-state index contributed by atoms with van der Waals surface area (Å²) in [6.07, 6.45) is 3.25. The third kappa shape index (κ3) is 1.96. The molecule has 7 heteroatoms. The second-order valence-electron chi connectivity index (χ2n) is 3.94. The van der Waals surface area contributed by atoms with Crippen molar-refractivity contribution >= 4 is 38.9 Å². The fourth-order valence-electron chi connectivity index (χ4n) is 1.85. The third-order valence-corrected chi connectivity index (χ3v) is 3.81. The fraction of sp³-hybridized carbons (Fsp3) is 0. The van der Waals surface area contributed by atoms with Gasteiger partial charge in [0.15, 0.2) is 10.8 Å². The van der Waals surface area contributed by atoms with E-state index in [1.807, 2.05) is 0 Å². The van der Waals surface area contributed by atoms with E-state index in [1.165, 1.54) is 12.1 Å². The van der Waals surface area contributed by atoms with Crippen molar-refractivity contribution in [2.45, 2.75) is 0 Å².